The van der Waals surface area contributed by atoms with Crippen LogP contribution in [0.15, 0.2) is 21.3 Å². The van der Waals surface area contributed by atoms with Gasteiger partial charge < -0.3 is 19.0 Å². The third kappa shape index (κ3) is 2.18. The Morgan fingerprint density at radius 2 is 2.14 bits per heavy atom. The normalized spacial score (nSPS) is 22.0. The van der Waals surface area contributed by atoms with Crippen molar-refractivity contribution in [3.8, 4) is 5.75 Å². The SMILES string of the molecule is COC1OCCC1c1c(O)c2cc(F)cc(F)c2oc1=O. The van der Waals surface area contributed by atoms with Crippen molar-refractivity contribution in [1.82, 2.24) is 0 Å². The molecule has 2 unspecified atom stereocenters. The molecule has 0 bridgehead atoms. The summed E-state index contributed by atoms with van der Waals surface area (Å²) in [6.45, 7) is 0.345. The molecule has 0 aliphatic carbocycles. The van der Waals surface area contributed by atoms with Gasteiger partial charge in [0, 0.05) is 19.1 Å². The summed E-state index contributed by atoms with van der Waals surface area (Å²) in [6.07, 6.45) is -0.283. The first-order valence-electron chi connectivity index (χ1n) is 6.32. The summed E-state index contributed by atoms with van der Waals surface area (Å²) in [5.74, 6) is -2.98. The van der Waals surface area contributed by atoms with Gasteiger partial charge in [0.1, 0.15) is 11.6 Å². The Bertz CT molecular complexity index is 755. The molecule has 1 aliphatic heterocycles. The molecular formula is C14H12F2O5. The van der Waals surface area contributed by atoms with E-state index in [0.717, 1.165) is 6.07 Å². The van der Waals surface area contributed by atoms with Crippen LogP contribution in [-0.4, -0.2) is 25.1 Å². The molecule has 112 valence electrons. The molecule has 1 saturated heterocycles. The van der Waals surface area contributed by atoms with Gasteiger partial charge in [-0.3, -0.25) is 0 Å². The summed E-state index contributed by atoms with van der Waals surface area (Å²) in [5.41, 5.74) is -1.45. The standard InChI is InChI=1S/C14H12F2O5/c1-19-14-7(2-3-20-14)10-11(17)8-4-6(15)5-9(16)12(8)21-13(10)18/h4-5,7,14,17H,2-3H2,1H3. The monoisotopic (exact) mass is 298 g/mol. The van der Waals surface area contributed by atoms with Gasteiger partial charge in [-0.1, -0.05) is 0 Å². The van der Waals surface area contributed by atoms with E-state index in [1.54, 1.807) is 0 Å². The highest BCUT2D eigenvalue weighted by atomic mass is 19.1. The van der Waals surface area contributed by atoms with Crippen LogP contribution in [0, 0.1) is 11.6 Å². The largest absolute Gasteiger partial charge is 0.507 e. The molecule has 3 rings (SSSR count). The van der Waals surface area contributed by atoms with Gasteiger partial charge in [-0.2, -0.15) is 0 Å². The van der Waals surface area contributed by atoms with Gasteiger partial charge in [-0.15, -0.1) is 0 Å². The molecule has 0 saturated carbocycles. The summed E-state index contributed by atoms with van der Waals surface area (Å²) in [4.78, 5) is 12.0. The minimum absolute atomic E-state index is 0.0862. The second kappa shape index (κ2) is 5.09. The van der Waals surface area contributed by atoms with E-state index in [0.29, 0.717) is 19.1 Å². The van der Waals surface area contributed by atoms with Crippen molar-refractivity contribution in [2.75, 3.05) is 13.7 Å². The first-order chi connectivity index (χ1) is 10.0. The molecule has 2 heterocycles. The lowest BCUT2D eigenvalue weighted by atomic mass is 9.96. The molecule has 0 amide bonds. The van der Waals surface area contributed by atoms with Crippen LogP contribution in [-0.2, 0) is 9.47 Å². The minimum Gasteiger partial charge on any atom is -0.507 e. The molecule has 5 nitrogen and oxygen atoms in total. The number of methoxy groups -OCH3 is 1. The number of ether oxygens (including phenoxy) is 2. The predicted octanol–water partition coefficient (Wildman–Crippen LogP) is 2.25. The average Bonchev–Trinajstić information content (AvgIpc) is 2.89. The molecule has 7 heteroatoms. The van der Waals surface area contributed by atoms with Crippen LogP contribution in [0.4, 0.5) is 8.78 Å². The van der Waals surface area contributed by atoms with Crippen molar-refractivity contribution in [3.05, 3.63) is 39.8 Å². The van der Waals surface area contributed by atoms with Crippen LogP contribution in [0.1, 0.15) is 17.9 Å². The quantitative estimate of drug-likeness (QED) is 0.861. The van der Waals surface area contributed by atoms with E-state index in [9.17, 15) is 18.7 Å². The highest BCUT2D eigenvalue weighted by molar-refractivity contribution is 5.84. The molecule has 1 aromatic heterocycles. The molecule has 0 radical (unpaired) electrons. The van der Waals surface area contributed by atoms with Crippen molar-refractivity contribution in [2.24, 2.45) is 0 Å². The lowest BCUT2D eigenvalue weighted by molar-refractivity contribution is -0.0968. The molecule has 21 heavy (non-hydrogen) atoms. The molecule has 1 N–H and O–H groups in total. The van der Waals surface area contributed by atoms with E-state index in [1.807, 2.05) is 0 Å². The summed E-state index contributed by atoms with van der Waals surface area (Å²) >= 11 is 0. The first-order valence-corrected chi connectivity index (χ1v) is 6.32. The topological polar surface area (TPSA) is 68.9 Å². The average molecular weight is 298 g/mol. The zero-order chi connectivity index (χ0) is 15.1. The van der Waals surface area contributed by atoms with Crippen LogP contribution in [0.5, 0.6) is 5.75 Å². The van der Waals surface area contributed by atoms with Crippen LogP contribution < -0.4 is 5.63 Å². The van der Waals surface area contributed by atoms with Crippen LogP contribution >= 0.6 is 0 Å². The van der Waals surface area contributed by atoms with Crippen LogP contribution in [0.2, 0.25) is 0 Å². The molecule has 1 fully saturated rings. The summed E-state index contributed by atoms with van der Waals surface area (Å²) in [5, 5.41) is 10.1. The number of fused-ring (bicyclic) bond motifs is 1. The van der Waals surface area contributed by atoms with Crippen LogP contribution in [0.25, 0.3) is 11.0 Å². The Hall–Kier alpha value is -1.99. The zero-order valence-electron chi connectivity index (χ0n) is 11.1. The summed E-state index contributed by atoms with van der Waals surface area (Å²) < 4.78 is 42.2. The van der Waals surface area contributed by atoms with E-state index >= 15 is 0 Å². The number of rotatable bonds is 2. The maximum atomic E-state index is 13.6. The van der Waals surface area contributed by atoms with Crippen molar-refractivity contribution in [3.63, 3.8) is 0 Å². The maximum Gasteiger partial charge on any atom is 0.343 e. The maximum absolute atomic E-state index is 13.6. The second-order valence-corrected chi connectivity index (χ2v) is 4.79. The van der Waals surface area contributed by atoms with E-state index < -0.39 is 40.8 Å². The van der Waals surface area contributed by atoms with Gasteiger partial charge in [0.05, 0.1) is 17.6 Å². The van der Waals surface area contributed by atoms with Gasteiger partial charge in [-0.05, 0) is 12.5 Å². The molecule has 2 aromatic rings. The summed E-state index contributed by atoms with van der Waals surface area (Å²) in [6, 6.07) is 1.50. The Morgan fingerprint density at radius 1 is 1.38 bits per heavy atom. The van der Waals surface area contributed by atoms with Crippen molar-refractivity contribution in [2.45, 2.75) is 18.6 Å². The first kappa shape index (κ1) is 14.0. The number of hydrogen-bond acceptors (Lipinski definition) is 5. The molecule has 1 aliphatic rings. The molecule has 0 spiro atoms. The Kier molecular flexibility index (Phi) is 3.38. The number of benzene rings is 1. The van der Waals surface area contributed by atoms with Gasteiger partial charge in [-0.25, -0.2) is 13.6 Å². The Balaban J connectivity index is 2.27. The van der Waals surface area contributed by atoms with Crippen molar-refractivity contribution >= 4 is 11.0 Å². The number of halogens is 2. The third-order valence-electron chi connectivity index (χ3n) is 3.58. The highest BCUT2D eigenvalue weighted by Crippen LogP contribution is 2.38. The van der Waals surface area contributed by atoms with Crippen LogP contribution in [0.3, 0.4) is 0 Å². The van der Waals surface area contributed by atoms with E-state index in [-0.39, 0.29) is 10.9 Å². The number of aromatic hydroxyl groups is 1. The summed E-state index contributed by atoms with van der Waals surface area (Å²) in [7, 11) is 1.40. The van der Waals surface area contributed by atoms with E-state index in [1.165, 1.54) is 7.11 Å². The lowest BCUT2D eigenvalue weighted by Crippen LogP contribution is -2.22. The van der Waals surface area contributed by atoms with Crippen molar-refractivity contribution in [1.29, 1.82) is 0 Å². The van der Waals surface area contributed by atoms with Gasteiger partial charge in [0.2, 0.25) is 0 Å². The van der Waals surface area contributed by atoms with E-state index in [2.05, 4.69) is 0 Å². The third-order valence-corrected chi connectivity index (χ3v) is 3.58. The number of hydrogen-bond donors (Lipinski definition) is 1. The predicted molar refractivity (Wildman–Crippen MR) is 68.2 cm³/mol. The highest BCUT2D eigenvalue weighted by Gasteiger charge is 2.35. The van der Waals surface area contributed by atoms with Gasteiger partial charge in [0.15, 0.2) is 17.7 Å². The smallest absolute Gasteiger partial charge is 0.343 e. The lowest BCUT2D eigenvalue weighted by Gasteiger charge is -2.17. The molecular weight excluding hydrogens is 286 g/mol. The second-order valence-electron chi connectivity index (χ2n) is 4.79. The molecule has 2 atom stereocenters. The van der Waals surface area contributed by atoms with Crippen molar-refractivity contribution < 1.29 is 27.8 Å². The Morgan fingerprint density at radius 3 is 2.86 bits per heavy atom. The Labute approximate surface area is 117 Å². The zero-order valence-corrected chi connectivity index (χ0v) is 11.1. The molecule has 1 aromatic carbocycles. The fourth-order valence-corrected chi connectivity index (χ4v) is 2.63. The van der Waals surface area contributed by atoms with E-state index in [4.69, 9.17) is 13.9 Å². The minimum atomic E-state index is -1.05. The van der Waals surface area contributed by atoms with Gasteiger partial charge >= 0.3 is 5.63 Å². The fourth-order valence-electron chi connectivity index (χ4n) is 2.63. The fraction of sp³-hybridized carbons (Fsp3) is 0.357. The van der Waals surface area contributed by atoms with Gasteiger partial charge in [0.25, 0.3) is 0 Å².